The van der Waals surface area contributed by atoms with E-state index in [9.17, 15) is 10.1 Å². The molecule has 5 heteroatoms. The molecule has 0 aromatic heterocycles. The summed E-state index contributed by atoms with van der Waals surface area (Å²) >= 11 is 0. The van der Waals surface area contributed by atoms with Gasteiger partial charge in [0.15, 0.2) is 17.3 Å². The van der Waals surface area contributed by atoms with Crippen LogP contribution < -0.4 is 14.4 Å². The first kappa shape index (κ1) is 14.2. The fourth-order valence-corrected chi connectivity index (χ4v) is 2.50. The normalized spacial score (nSPS) is 21.8. The summed E-state index contributed by atoms with van der Waals surface area (Å²) in [6.45, 7) is 2.25. The van der Waals surface area contributed by atoms with Gasteiger partial charge in [-0.25, -0.2) is 0 Å². The van der Waals surface area contributed by atoms with Crippen molar-refractivity contribution in [2.45, 2.75) is 18.8 Å². The summed E-state index contributed by atoms with van der Waals surface area (Å²) in [5.74, 6) is 1.04. The van der Waals surface area contributed by atoms with E-state index in [1.54, 1.807) is 20.1 Å². The molecule has 5 nitrogen and oxygen atoms in total. The molecule has 1 unspecified atom stereocenters. The number of hydrogen-bond donors (Lipinski definition) is 0. The lowest BCUT2D eigenvalue weighted by Gasteiger charge is -2.25. The lowest BCUT2D eigenvalue weighted by atomic mass is 9.78. The Morgan fingerprint density at radius 3 is 2.45 bits per heavy atom. The van der Waals surface area contributed by atoms with Crippen molar-refractivity contribution in [3.63, 3.8) is 0 Å². The van der Waals surface area contributed by atoms with E-state index >= 15 is 0 Å². The van der Waals surface area contributed by atoms with Crippen molar-refractivity contribution in [2.75, 3.05) is 32.7 Å². The van der Waals surface area contributed by atoms with Gasteiger partial charge in [0.25, 0.3) is 0 Å². The third-order valence-corrected chi connectivity index (χ3v) is 3.91. The highest BCUT2D eigenvalue weighted by atomic mass is 16.5. The molecule has 20 heavy (non-hydrogen) atoms. The molecule has 0 amide bonds. The van der Waals surface area contributed by atoms with E-state index in [1.807, 2.05) is 18.0 Å². The Bertz CT molecular complexity index is 592. The summed E-state index contributed by atoms with van der Waals surface area (Å²) < 4.78 is 10.6. The fraction of sp³-hybridized carbons (Fsp3) is 0.467. The van der Waals surface area contributed by atoms with Gasteiger partial charge in [-0.05, 0) is 13.0 Å². The molecule has 106 valence electrons. The number of benzene rings is 1. The predicted octanol–water partition coefficient (Wildman–Crippen LogP) is 1.89. The third-order valence-electron chi connectivity index (χ3n) is 3.91. The van der Waals surface area contributed by atoms with Crippen LogP contribution in [-0.2, 0) is 10.2 Å². The number of fused-ring (bicyclic) bond motifs is 1. The average Bonchev–Trinajstić information content (AvgIpc) is 2.57. The zero-order chi connectivity index (χ0) is 14.9. The zero-order valence-corrected chi connectivity index (χ0v) is 12.2. The number of nitriles is 1. The number of nitrogens with zero attached hydrogens (tertiary/aromatic N) is 2. The lowest BCUT2D eigenvalue weighted by Crippen LogP contribution is -2.30. The number of carbonyl (C=O) groups excluding carboxylic acids is 1. The van der Waals surface area contributed by atoms with Crippen molar-refractivity contribution in [3.8, 4) is 17.6 Å². The quantitative estimate of drug-likeness (QED) is 0.824. The maximum absolute atomic E-state index is 12.3. The van der Waals surface area contributed by atoms with E-state index in [1.165, 1.54) is 7.11 Å². The van der Waals surface area contributed by atoms with E-state index in [0.29, 0.717) is 30.0 Å². The Labute approximate surface area is 118 Å². The van der Waals surface area contributed by atoms with E-state index in [2.05, 4.69) is 6.07 Å². The first-order chi connectivity index (χ1) is 9.47. The van der Waals surface area contributed by atoms with Crippen LogP contribution in [0.4, 0.5) is 5.69 Å². The van der Waals surface area contributed by atoms with Crippen molar-refractivity contribution >= 4 is 11.5 Å². The summed E-state index contributed by atoms with van der Waals surface area (Å²) in [7, 11) is 5.01. The highest BCUT2D eigenvalue weighted by Gasteiger charge is 2.40. The molecular weight excluding hydrogens is 256 g/mol. The van der Waals surface area contributed by atoms with Crippen LogP contribution in [0.2, 0.25) is 0 Å². The van der Waals surface area contributed by atoms with Crippen LogP contribution in [0.25, 0.3) is 0 Å². The number of Topliss-reactive ketones (excluding diaryl/α,β-unsaturated/α-hetero) is 1. The second kappa shape index (κ2) is 5.04. The minimum atomic E-state index is -1.15. The molecule has 1 aromatic rings. The second-order valence-corrected chi connectivity index (χ2v) is 5.06. The number of methoxy groups -OCH3 is 2. The van der Waals surface area contributed by atoms with E-state index in [4.69, 9.17) is 9.47 Å². The van der Waals surface area contributed by atoms with Crippen LogP contribution in [0.15, 0.2) is 12.1 Å². The van der Waals surface area contributed by atoms with Gasteiger partial charge < -0.3 is 14.4 Å². The van der Waals surface area contributed by atoms with E-state index in [-0.39, 0.29) is 5.78 Å². The topological polar surface area (TPSA) is 62.6 Å². The van der Waals surface area contributed by atoms with Gasteiger partial charge in [0.05, 0.1) is 20.3 Å². The van der Waals surface area contributed by atoms with Crippen molar-refractivity contribution in [1.29, 1.82) is 5.26 Å². The van der Waals surface area contributed by atoms with Crippen LogP contribution in [0, 0.1) is 11.3 Å². The molecule has 1 heterocycles. The molecular formula is C15H18N2O3. The molecule has 1 aliphatic heterocycles. The largest absolute Gasteiger partial charge is 0.493 e. The number of rotatable bonds is 2. The third kappa shape index (κ3) is 1.97. The van der Waals surface area contributed by atoms with Gasteiger partial charge in [-0.2, -0.15) is 5.26 Å². The first-order valence-electron chi connectivity index (χ1n) is 6.40. The van der Waals surface area contributed by atoms with Crippen molar-refractivity contribution in [1.82, 2.24) is 0 Å². The lowest BCUT2D eigenvalue weighted by molar-refractivity contribution is -0.121. The Balaban J connectivity index is 2.75. The minimum absolute atomic E-state index is 0.0715. The summed E-state index contributed by atoms with van der Waals surface area (Å²) in [6, 6.07) is 5.72. The second-order valence-electron chi connectivity index (χ2n) is 5.06. The van der Waals surface area contributed by atoms with Crippen LogP contribution in [0.3, 0.4) is 0 Å². The Morgan fingerprint density at radius 2 is 1.90 bits per heavy atom. The first-order valence-corrected chi connectivity index (χ1v) is 6.40. The molecule has 1 aromatic carbocycles. The van der Waals surface area contributed by atoms with Crippen molar-refractivity contribution in [3.05, 3.63) is 17.7 Å². The molecule has 0 saturated heterocycles. The SMILES string of the molecule is COc1cc2c(cc1OC)C(C)(C#N)C(=O)CCN2C. The van der Waals surface area contributed by atoms with Gasteiger partial charge in [0.2, 0.25) is 0 Å². The fourth-order valence-electron chi connectivity index (χ4n) is 2.50. The van der Waals surface area contributed by atoms with Gasteiger partial charge in [-0.1, -0.05) is 0 Å². The van der Waals surface area contributed by atoms with Gasteiger partial charge in [-0.15, -0.1) is 0 Å². The number of ketones is 1. The van der Waals surface area contributed by atoms with Gasteiger partial charge in [0, 0.05) is 37.3 Å². The number of anilines is 1. The van der Waals surface area contributed by atoms with Crippen LogP contribution in [-0.4, -0.2) is 33.6 Å². The van der Waals surface area contributed by atoms with E-state index in [0.717, 1.165) is 5.69 Å². The van der Waals surface area contributed by atoms with Crippen LogP contribution >= 0.6 is 0 Å². The standard InChI is InChI=1S/C15H18N2O3/c1-15(9-16)10-7-12(19-3)13(20-4)8-11(10)17(2)6-5-14(15)18/h7-8H,5-6H2,1-4H3. The van der Waals surface area contributed by atoms with Gasteiger partial charge >= 0.3 is 0 Å². The maximum Gasteiger partial charge on any atom is 0.162 e. The zero-order valence-electron chi connectivity index (χ0n) is 12.2. The highest BCUT2D eigenvalue weighted by molar-refractivity contribution is 5.96. The number of carbonyl (C=O) groups is 1. The predicted molar refractivity (Wildman–Crippen MR) is 75.4 cm³/mol. The minimum Gasteiger partial charge on any atom is -0.493 e. The average molecular weight is 274 g/mol. The molecule has 0 bridgehead atoms. The highest BCUT2D eigenvalue weighted by Crippen LogP contribution is 2.42. The van der Waals surface area contributed by atoms with Gasteiger partial charge in [-0.3, -0.25) is 4.79 Å². The smallest absolute Gasteiger partial charge is 0.162 e. The Kier molecular flexibility index (Phi) is 3.58. The molecule has 0 saturated carbocycles. The molecule has 2 rings (SSSR count). The molecule has 0 N–H and O–H groups in total. The van der Waals surface area contributed by atoms with Gasteiger partial charge in [0.1, 0.15) is 5.41 Å². The molecule has 0 fully saturated rings. The Morgan fingerprint density at radius 1 is 1.30 bits per heavy atom. The molecule has 1 atom stereocenters. The molecule has 0 aliphatic carbocycles. The summed E-state index contributed by atoms with van der Waals surface area (Å²) in [6.07, 6.45) is 0.347. The molecule has 0 radical (unpaired) electrons. The Hall–Kier alpha value is -2.22. The monoisotopic (exact) mass is 274 g/mol. The molecule has 0 spiro atoms. The summed E-state index contributed by atoms with van der Waals surface area (Å²) in [4.78, 5) is 14.3. The number of hydrogen-bond acceptors (Lipinski definition) is 5. The maximum atomic E-state index is 12.3. The summed E-state index contributed by atoms with van der Waals surface area (Å²) in [5.41, 5.74) is 0.347. The van der Waals surface area contributed by atoms with Crippen molar-refractivity contribution < 1.29 is 14.3 Å². The van der Waals surface area contributed by atoms with Crippen LogP contribution in [0.1, 0.15) is 18.9 Å². The summed E-state index contributed by atoms with van der Waals surface area (Å²) in [5, 5.41) is 9.51. The van der Waals surface area contributed by atoms with Crippen LogP contribution in [0.5, 0.6) is 11.5 Å². The van der Waals surface area contributed by atoms with E-state index < -0.39 is 5.41 Å². The molecule has 1 aliphatic rings. The van der Waals surface area contributed by atoms with Crippen molar-refractivity contribution in [2.24, 2.45) is 0 Å². The number of ether oxygens (including phenoxy) is 2.